The van der Waals surface area contributed by atoms with E-state index in [1.807, 2.05) is 24.3 Å². The highest BCUT2D eigenvalue weighted by Crippen LogP contribution is 2.12. The number of hydrogen-bond acceptors (Lipinski definition) is 1. The molecule has 0 unspecified atom stereocenters. The van der Waals surface area contributed by atoms with Crippen molar-refractivity contribution in [1.82, 2.24) is 8.16 Å². The molecule has 1 aromatic heterocycles. The van der Waals surface area contributed by atoms with Gasteiger partial charge >= 0.3 is 5.69 Å². The number of halogens is 1. The highest BCUT2D eigenvalue weighted by molar-refractivity contribution is 9.08. The van der Waals surface area contributed by atoms with Crippen molar-refractivity contribution < 1.29 is 0 Å². The summed E-state index contributed by atoms with van der Waals surface area (Å²) in [7, 11) is 1.75. The van der Waals surface area contributed by atoms with Crippen LogP contribution in [-0.4, -0.2) is 8.16 Å². The number of nitrogens with zero attached hydrogens (tertiary/aromatic N) is 2. The summed E-state index contributed by atoms with van der Waals surface area (Å²) in [6.45, 7) is 0. The van der Waals surface area contributed by atoms with E-state index in [0.29, 0.717) is 0 Å². The van der Waals surface area contributed by atoms with Crippen molar-refractivity contribution >= 4 is 27.2 Å². The number of rotatable bonds is 0. The van der Waals surface area contributed by atoms with Crippen molar-refractivity contribution in [1.29, 1.82) is 0 Å². The molecule has 0 radical (unpaired) electrons. The third kappa shape index (κ3) is 0.845. The molecule has 3 nitrogen and oxygen atoms in total. The third-order valence-electron chi connectivity index (χ3n) is 1.91. The van der Waals surface area contributed by atoms with E-state index in [2.05, 4.69) is 16.1 Å². The number of benzene rings is 1. The predicted octanol–water partition coefficient (Wildman–Crippen LogP) is 1.50. The smallest absolute Gasteiger partial charge is 0.294 e. The van der Waals surface area contributed by atoms with Crippen LogP contribution in [0.15, 0.2) is 29.1 Å². The molecule has 4 heteroatoms. The van der Waals surface area contributed by atoms with Gasteiger partial charge in [0.25, 0.3) is 0 Å². The van der Waals surface area contributed by atoms with Crippen LogP contribution in [0.5, 0.6) is 0 Å². The zero-order valence-corrected chi connectivity index (χ0v) is 8.08. The number of hydrogen-bond donors (Lipinski definition) is 0. The van der Waals surface area contributed by atoms with Crippen LogP contribution in [0, 0.1) is 0 Å². The first-order valence-electron chi connectivity index (χ1n) is 3.54. The Kier molecular flexibility index (Phi) is 1.58. The van der Waals surface area contributed by atoms with Gasteiger partial charge in [-0.3, -0.25) is 4.57 Å². The van der Waals surface area contributed by atoms with Crippen molar-refractivity contribution in [3.8, 4) is 0 Å². The van der Waals surface area contributed by atoms with Crippen molar-refractivity contribution in [3.05, 3.63) is 34.7 Å². The largest absolute Gasteiger partial charge is 0.339 e. The van der Waals surface area contributed by atoms with E-state index in [-0.39, 0.29) is 5.69 Å². The van der Waals surface area contributed by atoms with Crippen LogP contribution < -0.4 is 5.69 Å². The highest BCUT2D eigenvalue weighted by Gasteiger charge is 2.05. The molecular weight excluding hydrogens is 220 g/mol. The highest BCUT2D eigenvalue weighted by atomic mass is 79.9. The lowest BCUT2D eigenvalue weighted by Crippen LogP contribution is -2.16. The molecule has 0 N–H and O–H groups in total. The molecule has 0 atom stereocenters. The van der Waals surface area contributed by atoms with Crippen LogP contribution in [0.4, 0.5) is 0 Å². The van der Waals surface area contributed by atoms with Gasteiger partial charge < -0.3 is 0 Å². The molecule has 0 aliphatic carbocycles. The number of aromatic nitrogens is 2. The maximum Gasteiger partial charge on any atom is 0.339 e. The average molecular weight is 227 g/mol. The molecule has 0 spiro atoms. The minimum absolute atomic E-state index is 0.0591. The molecule has 1 aromatic carbocycles. The molecule has 0 aliphatic rings. The summed E-state index contributed by atoms with van der Waals surface area (Å²) >= 11 is 3.18. The van der Waals surface area contributed by atoms with Gasteiger partial charge in [-0.05, 0) is 12.1 Å². The standard InChI is InChI=1S/C8H7BrN2O/c1-10-6-4-2-3-5-7(6)11(9)8(10)12/h2-5H,1H3. The fourth-order valence-electron chi connectivity index (χ4n) is 1.25. The molecule has 0 bridgehead atoms. The summed E-state index contributed by atoms with van der Waals surface area (Å²) in [5, 5.41) is 0. The van der Waals surface area contributed by atoms with Crippen LogP contribution >= 0.6 is 16.1 Å². The van der Waals surface area contributed by atoms with E-state index in [9.17, 15) is 4.79 Å². The normalized spacial score (nSPS) is 10.8. The number of aryl methyl sites for hydroxylation is 1. The molecule has 2 aromatic rings. The zero-order valence-electron chi connectivity index (χ0n) is 6.49. The Labute approximate surface area is 77.6 Å². The number of fused-ring (bicyclic) bond motifs is 1. The molecule has 0 saturated carbocycles. The van der Waals surface area contributed by atoms with E-state index in [1.165, 1.54) is 3.59 Å². The van der Waals surface area contributed by atoms with Crippen molar-refractivity contribution in [2.24, 2.45) is 7.05 Å². The fraction of sp³-hybridized carbons (Fsp3) is 0.125. The monoisotopic (exact) mass is 226 g/mol. The molecular formula is C8H7BrN2O. The van der Waals surface area contributed by atoms with Gasteiger partial charge in [-0.25, -0.2) is 8.39 Å². The number of para-hydroxylation sites is 2. The Morgan fingerprint density at radius 2 is 1.83 bits per heavy atom. The molecule has 0 saturated heterocycles. The molecule has 62 valence electrons. The van der Waals surface area contributed by atoms with Crippen LogP contribution in [0.3, 0.4) is 0 Å². The van der Waals surface area contributed by atoms with Gasteiger partial charge in [0.2, 0.25) is 0 Å². The van der Waals surface area contributed by atoms with Gasteiger partial charge in [0.15, 0.2) is 0 Å². The topological polar surface area (TPSA) is 26.9 Å². The first kappa shape index (κ1) is 7.61. The Morgan fingerprint density at radius 1 is 1.25 bits per heavy atom. The SMILES string of the molecule is Cn1c(=O)n(Br)c2ccccc21. The minimum Gasteiger partial charge on any atom is -0.294 e. The average Bonchev–Trinajstić information content (AvgIpc) is 2.33. The first-order chi connectivity index (χ1) is 5.72. The second kappa shape index (κ2) is 2.48. The minimum atomic E-state index is -0.0591. The van der Waals surface area contributed by atoms with Gasteiger partial charge in [0.1, 0.15) is 0 Å². The predicted molar refractivity (Wildman–Crippen MR) is 51.5 cm³/mol. The lowest BCUT2D eigenvalue weighted by atomic mass is 10.3. The Bertz CT molecular complexity index is 441. The summed E-state index contributed by atoms with van der Waals surface area (Å²) in [6, 6.07) is 7.62. The summed E-state index contributed by atoms with van der Waals surface area (Å²) in [6.07, 6.45) is 0. The van der Waals surface area contributed by atoms with Gasteiger partial charge in [-0.1, -0.05) is 12.1 Å². The summed E-state index contributed by atoms with van der Waals surface area (Å²) in [5.74, 6) is 0. The maximum absolute atomic E-state index is 11.4. The van der Waals surface area contributed by atoms with Gasteiger partial charge in [0.05, 0.1) is 27.2 Å². The van der Waals surface area contributed by atoms with Gasteiger partial charge in [-0.15, -0.1) is 0 Å². The summed E-state index contributed by atoms with van der Waals surface area (Å²) < 4.78 is 3.06. The van der Waals surface area contributed by atoms with Gasteiger partial charge in [-0.2, -0.15) is 0 Å². The molecule has 2 rings (SSSR count). The molecule has 12 heavy (non-hydrogen) atoms. The molecule has 0 fully saturated rings. The third-order valence-corrected chi connectivity index (χ3v) is 2.59. The van der Waals surface area contributed by atoms with E-state index < -0.39 is 0 Å². The van der Waals surface area contributed by atoms with Crippen LogP contribution in [0.1, 0.15) is 0 Å². The van der Waals surface area contributed by atoms with Crippen molar-refractivity contribution in [3.63, 3.8) is 0 Å². The van der Waals surface area contributed by atoms with Crippen LogP contribution in [0.2, 0.25) is 0 Å². The van der Waals surface area contributed by atoms with E-state index in [4.69, 9.17) is 0 Å². The van der Waals surface area contributed by atoms with Crippen molar-refractivity contribution in [2.45, 2.75) is 0 Å². The summed E-state index contributed by atoms with van der Waals surface area (Å²) in [5.41, 5.74) is 1.76. The Hall–Kier alpha value is -1.03. The second-order valence-electron chi connectivity index (χ2n) is 2.61. The van der Waals surface area contributed by atoms with Crippen LogP contribution in [0.25, 0.3) is 11.0 Å². The number of imidazole rings is 1. The van der Waals surface area contributed by atoms with Gasteiger partial charge in [0, 0.05) is 7.05 Å². The fourth-order valence-corrected chi connectivity index (χ4v) is 1.79. The molecule has 0 aliphatic heterocycles. The van der Waals surface area contributed by atoms with Crippen LogP contribution in [-0.2, 0) is 7.05 Å². The lowest BCUT2D eigenvalue weighted by molar-refractivity contribution is 0.882. The summed E-state index contributed by atoms with van der Waals surface area (Å²) in [4.78, 5) is 11.4. The maximum atomic E-state index is 11.4. The zero-order chi connectivity index (χ0) is 8.72. The van der Waals surface area contributed by atoms with E-state index >= 15 is 0 Å². The van der Waals surface area contributed by atoms with E-state index in [1.54, 1.807) is 11.6 Å². The lowest BCUT2D eigenvalue weighted by Gasteiger charge is -1.89. The first-order valence-corrected chi connectivity index (χ1v) is 4.25. The second-order valence-corrected chi connectivity index (χ2v) is 3.32. The molecule has 0 amide bonds. The van der Waals surface area contributed by atoms with E-state index in [0.717, 1.165) is 11.0 Å². The Morgan fingerprint density at radius 3 is 2.42 bits per heavy atom. The van der Waals surface area contributed by atoms with Crippen molar-refractivity contribution in [2.75, 3.05) is 0 Å². The Balaban J connectivity index is 3.09. The quantitative estimate of drug-likeness (QED) is 0.669. The molecule has 1 heterocycles.